The molecule has 0 saturated carbocycles. The fraction of sp³-hybridized carbons (Fsp3) is 0.730. The topological polar surface area (TPSA) is 141 Å². The number of aliphatic hydroxyl groups is 1. The molecule has 12 nitrogen and oxygen atoms in total. The van der Waals surface area contributed by atoms with Gasteiger partial charge in [-0.2, -0.15) is 0 Å². The number of hydrogen-bond acceptors (Lipinski definition) is 8. The minimum Gasteiger partial charge on any atom is -0.386 e. The van der Waals surface area contributed by atoms with E-state index >= 15 is 0 Å². The second-order valence-corrected chi connectivity index (χ2v) is 14.2. The molecular formula is C37H63N5O7. The zero-order valence-corrected chi connectivity index (χ0v) is 31.6. The number of rotatable bonds is 19. The zero-order valence-electron chi connectivity index (χ0n) is 31.6. The maximum Gasteiger partial charge on any atom is 0.242 e. The highest BCUT2D eigenvalue weighted by molar-refractivity contribution is 5.87. The van der Waals surface area contributed by atoms with Crippen molar-refractivity contribution in [1.82, 2.24) is 25.3 Å². The molecule has 1 aliphatic heterocycles. The van der Waals surface area contributed by atoms with Crippen LogP contribution in [-0.4, -0.2) is 128 Å². The second-order valence-electron chi connectivity index (χ2n) is 14.2. The van der Waals surface area contributed by atoms with Gasteiger partial charge < -0.3 is 35.0 Å². The molecule has 0 spiro atoms. The van der Waals surface area contributed by atoms with E-state index in [-0.39, 0.29) is 60.5 Å². The Morgan fingerprint density at radius 2 is 1.61 bits per heavy atom. The van der Waals surface area contributed by atoms with Gasteiger partial charge in [0.25, 0.3) is 0 Å². The van der Waals surface area contributed by atoms with Gasteiger partial charge in [0.2, 0.25) is 23.6 Å². The van der Waals surface area contributed by atoms with Gasteiger partial charge in [-0.15, -0.1) is 0 Å². The van der Waals surface area contributed by atoms with E-state index in [4.69, 9.17) is 9.47 Å². The molecule has 278 valence electrons. The van der Waals surface area contributed by atoms with Crippen LogP contribution in [0.5, 0.6) is 0 Å². The third kappa shape index (κ3) is 11.2. The molecule has 12 heteroatoms. The summed E-state index contributed by atoms with van der Waals surface area (Å²) in [5.74, 6) is -1.40. The maximum absolute atomic E-state index is 14.0. The van der Waals surface area contributed by atoms with Crippen LogP contribution in [0.1, 0.15) is 78.9 Å². The summed E-state index contributed by atoms with van der Waals surface area (Å²) >= 11 is 0. The van der Waals surface area contributed by atoms with Crippen molar-refractivity contribution in [3.8, 4) is 0 Å². The number of nitrogens with zero attached hydrogens (tertiary/aromatic N) is 3. The molecule has 1 aromatic rings. The first-order chi connectivity index (χ1) is 23.1. The first-order valence-corrected chi connectivity index (χ1v) is 17.7. The molecule has 49 heavy (non-hydrogen) atoms. The van der Waals surface area contributed by atoms with E-state index in [0.717, 1.165) is 12.8 Å². The van der Waals surface area contributed by atoms with Crippen LogP contribution in [0.4, 0.5) is 0 Å². The fourth-order valence-electron chi connectivity index (χ4n) is 7.22. The van der Waals surface area contributed by atoms with Crippen molar-refractivity contribution < 1.29 is 33.8 Å². The lowest BCUT2D eigenvalue weighted by Crippen LogP contribution is -2.55. The predicted molar refractivity (Wildman–Crippen MR) is 190 cm³/mol. The van der Waals surface area contributed by atoms with Crippen molar-refractivity contribution in [2.75, 3.05) is 48.5 Å². The van der Waals surface area contributed by atoms with E-state index < -0.39 is 36.3 Å². The van der Waals surface area contributed by atoms with E-state index in [1.165, 1.54) is 0 Å². The third-order valence-corrected chi connectivity index (χ3v) is 10.2. The van der Waals surface area contributed by atoms with Crippen LogP contribution in [0.3, 0.4) is 0 Å². The van der Waals surface area contributed by atoms with Gasteiger partial charge in [-0.3, -0.25) is 24.1 Å². The Hall–Kier alpha value is -3.06. The first kappa shape index (κ1) is 42.1. The standard InChI is InChI=1S/C37H63N5O7/c1-12-24(4)33(41(9)31(44)22-38-37(47)32(23(2)3)40(7)8)29(48-10)21-30(43)42-20-16-19-28(42)35(49-11)25(5)36(46)39-26(6)34(45)27-17-14-13-15-18-27/h13-15,17-18,23-26,28-29,32-35,45H,12,16,19-22H2,1-11H3,(H,38,47)(H,39,46)/t24-,25+,26+,28-,29+,32?,33-,34+,35+/m0/s1. The third-order valence-electron chi connectivity index (χ3n) is 10.2. The lowest BCUT2D eigenvalue weighted by molar-refractivity contribution is -0.146. The van der Waals surface area contributed by atoms with Crippen molar-refractivity contribution in [1.29, 1.82) is 0 Å². The van der Waals surface area contributed by atoms with Gasteiger partial charge in [0.05, 0.1) is 61.4 Å². The van der Waals surface area contributed by atoms with Crippen molar-refractivity contribution in [2.24, 2.45) is 17.8 Å². The smallest absolute Gasteiger partial charge is 0.242 e. The molecule has 0 aromatic heterocycles. The van der Waals surface area contributed by atoms with E-state index in [2.05, 4.69) is 10.6 Å². The van der Waals surface area contributed by atoms with Crippen LogP contribution >= 0.6 is 0 Å². The van der Waals surface area contributed by atoms with Gasteiger partial charge in [0.15, 0.2) is 0 Å². The Kier molecular flexibility index (Phi) is 17.1. The molecule has 1 aromatic carbocycles. The van der Waals surface area contributed by atoms with Crippen LogP contribution in [0.2, 0.25) is 0 Å². The maximum atomic E-state index is 14.0. The summed E-state index contributed by atoms with van der Waals surface area (Å²) in [4.78, 5) is 58.9. The molecule has 1 saturated heterocycles. The number of likely N-dealkylation sites (tertiary alicyclic amines) is 1. The molecule has 0 bridgehead atoms. The predicted octanol–water partition coefficient (Wildman–Crippen LogP) is 2.85. The molecule has 1 aliphatic rings. The number of amides is 4. The molecule has 1 heterocycles. The zero-order chi connectivity index (χ0) is 37.0. The van der Waals surface area contributed by atoms with Crippen molar-refractivity contribution in [2.45, 2.75) is 110 Å². The van der Waals surface area contributed by atoms with Crippen LogP contribution in [-0.2, 0) is 28.7 Å². The number of carbonyl (C=O) groups is 4. The molecule has 9 atom stereocenters. The summed E-state index contributed by atoms with van der Waals surface area (Å²) in [6.07, 6.45) is 0.203. The molecule has 0 radical (unpaired) electrons. The highest BCUT2D eigenvalue weighted by Crippen LogP contribution is 2.29. The van der Waals surface area contributed by atoms with E-state index in [1.807, 2.05) is 77.0 Å². The highest BCUT2D eigenvalue weighted by atomic mass is 16.5. The minimum atomic E-state index is -0.872. The number of benzene rings is 1. The molecule has 1 fully saturated rings. The van der Waals surface area contributed by atoms with Crippen LogP contribution in [0, 0.1) is 17.8 Å². The number of ether oxygens (including phenoxy) is 2. The lowest BCUT2D eigenvalue weighted by atomic mass is 9.90. The van der Waals surface area contributed by atoms with Crippen molar-refractivity contribution in [3.05, 3.63) is 35.9 Å². The van der Waals surface area contributed by atoms with E-state index in [0.29, 0.717) is 18.5 Å². The van der Waals surface area contributed by atoms with Crippen molar-refractivity contribution in [3.63, 3.8) is 0 Å². The van der Waals surface area contributed by atoms with Crippen LogP contribution in [0.15, 0.2) is 30.3 Å². The Morgan fingerprint density at radius 1 is 0.980 bits per heavy atom. The fourth-order valence-corrected chi connectivity index (χ4v) is 7.22. The monoisotopic (exact) mass is 689 g/mol. The Balaban J connectivity index is 2.15. The Bertz CT molecular complexity index is 1190. The summed E-state index contributed by atoms with van der Waals surface area (Å²) < 4.78 is 11.8. The molecule has 4 amide bonds. The number of nitrogens with one attached hydrogen (secondary N) is 2. The summed E-state index contributed by atoms with van der Waals surface area (Å²) in [7, 11) is 8.48. The summed E-state index contributed by atoms with van der Waals surface area (Å²) in [6.45, 7) is 11.9. The average molecular weight is 690 g/mol. The minimum absolute atomic E-state index is 0.00522. The number of likely N-dealkylation sites (N-methyl/N-ethyl adjacent to an activating group) is 2. The van der Waals surface area contributed by atoms with Crippen molar-refractivity contribution >= 4 is 23.6 Å². The van der Waals surface area contributed by atoms with Gasteiger partial charge in [0.1, 0.15) is 0 Å². The van der Waals surface area contributed by atoms with Crippen LogP contribution in [0.25, 0.3) is 0 Å². The lowest BCUT2D eigenvalue weighted by Gasteiger charge is -2.39. The highest BCUT2D eigenvalue weighted by Gasteiger charge is 2.42. The average Bonchev–Trinajstić information content (AvgIpc) is 3.56. The first-order valence-electron chi connectivity index (χ1n) is 17.7. The molecular weight excluding hydrogens is 626 g/mol. The Labute approximate surface area is 294 Å². The normalized spacial score (nSPS) is 19.8. The molecule has 3 N–H and O–H groups in total. The quantitative estimate of drug-likeness (QED) is 0.202. The summed E-state index contributed by atoms with van der Waals surface area (Å²) in [6, 6.07) is 7.54. The second kappa shape index (κ2) is 20.0. The molecule has 0 aliphatic carbocycles. The van der Waals surface area contributed by atoms with Gasteiger partial charge in [0, 0.05) is 27.8 Å². The number of aliphatic hydroxyl groups excluding tert-OH is 1. The molecule has 2 rings (SSSR count). The van der Waals surface area contributed by atoms with E-state index in [9.17, 15) is 24.3 Å². The van der Waals surface area contributed by atoms with Gasteiger partial charge >= 0.3 is 0 Å². The van der Waals surface area contributed by atoms with Gasteiger partial charge in [-0.25, -0.2) is 0 Å². The van der Waals surface area contributed by atoms with E-state index in [1.54, 1.807) is 44.9 Å². The van der Waals surface area contributed by atoms with Gasteiger partial charge in [-0.1, -0.05) is 71.4 Å². The number of methoxy groups -OCH3 is 2. The molecule has 1 unspecified atom stereocenters. The van der Waals surface area contributed by atoms with Crippen LogP contribution < -0.4 is 10.6 Å². The largest absolute Gasteiger partial charge is 0.386 e. The summed E-state index contributed by atoms with van der Waals surface area (Å²) in [5.41, 5.74) is 0.711. The summed E-state index contributed by atoms with van der Waals surface area (Å²) in [5, 5.41) is 16.5. The SMILES string of the molecule is CC[C@H](C)[C@@H]([C@@H](CC(=O)N1CCC[C@H]1[C@H](OC)[C@@H](C)C(=O)N[C@H](C)[C@@H](O)c1ccccc1)OC)N(C)C(=O)CNC(=O)C(C(C)C)N(C)C. The number of carbonyl (C=O) groups excluding carboxylic acids is 4. The number of hydrogen-bond donors (Lipinski definition) is 3. The van der Waals surface area contributed by atoms with Gasteiger partial charge in [-0.05, 0) is 51.3 Å². The Morgan fingerprint density at radius 3 is 2.14 bits per heavy atom.